The number of nitrogens with one attached hydrogen (secondary N) is 1. The van der Waals surface area contributed by atoms with Gasteiger partial charge in [-0.25, -0.2) is 0 Å². The summed E-state index contributed by atoms with van der Waals surface area (Å²) in [5, 5.41) is 12.3. The van der Waals surface area contributed by atoms with Gasteiger partial charge in [-0.2, -0.15) is 0 Å². The number of aliphatic hydroxyl groups excluding tert-OH is 1. The zero-order valence-electron chi connectivity index (χ0n) is 7.62. The number of rotatable bonds is 3. The highest BCUT2D eigenvalue weighted by atomic mass is 16.3. The Balaban J connectivity index is 2.36. The van der Waals surface area contributed by atoms with Crippen LogP contribution in [0.2, 0.25) is 0 Å². The lowest BCUT2D eigenvalue weighted by atomic mass is 10.1. The van der Waals surface area contributed by atoms with Crippen LogP contribution in [0.4, 0.5) is 0 Å². The Morgan fingerprint density at radius 3 is 2.92 bits per heavy atom. The molecule has 0 spiro atoms. The number of nitrogens with zero attached hydrogens (tertiary/aromatic N) is 1. The highest BCUT2D eigenvalue weighted by Gasteiger charge is 2.14. The number of hydrogen-bond donors (Lipinski definition) is 3. The zero-order valence-corrected chi connectivity index (χ0v) is 7.62. The Kier molecular flexibility index (Phi) is 2.94. The molecule has 0 aromatic rings. The summed E-state index contributed by atoms with van der Waals surface area (Å²) >= 11 is 0. The van der Waals surface area contributed by atoms with E-state index in [4.69, 9.17) is 10.8 Å². The molecule has 0 aromatic heterocycles. The lowest BCUT2D eigenvalue weighted by Crippen LogP contribution is -2.34. The third kappa shape index (κ3) is 2.39. The Morgan fingerprint density at radius 1 is 1.83 bits per heavy atom. The Labute approximate surface area is 73.0 Å². The van der Waals surface area contributed by atoms with Gasteiger partial charge >= 0.3 is 0 Å². The third-order valence-electron chi connectivity index (χ3n) is 2.01. The van der Waals surface area contributed by atoms with E-state index in [0.29, 0.717) is 6.42 Å². The summed E-state index contributed by atoms with van der Waals surface area (Å²) in [6.45, 7) is 2.55. The van der Waals surface area contributed by atoms with Crippen LogP contribution >= 0.6 is 0 Å². The minimum absolute atomic E-state index is 0.171. The van der Waals surface area contributed by atoms with Crippen molar-refractivity contribution >= 4 is 0 Å². The molecule has 0 aromatic carbocycles. The van der Waals surface area contributed by atoms with Crippen molar-refractivity contribution in [2.24, 2.45) is 5.73 Å². The van der Waals surface area contributed by atoms with Gasteiger partial charge in [0.1, 0.15) is 0 Å². The first-order valence-corrected chi connectivity index (χ1v) is 4.18. The fraction of sp³-hybridized carbons (Fsp3) is 0.750. The van der Waals surface area contributed by atoms with Crippen molar-refractivity contribution in [1.29, 1.82) is 0 Å². The van der Waals surface area contributed by atoms with Crippen molar-refractivity contribution < 1.29 is 5.11 Å². The van der Waals surface area contributed by atoms with E-state index >= 15 is 0 Å². The highest BCUT2D eigenvalue weighted by molar-refractivity contribution is 5.06. The molecule has 12 heavy (non-hydrogen) atoms. The number of aliphatic hydroxyl groups is 1. The largest absolute Gasteiger partial charge is 0.392 e. The molecule has 0 saturated heterocycles. The molecule has 4 heteroatoms. The molecule has 1 rings (SSSR count). The second kappa shape index (κ2) is 3.78. The van der Waals surface area contributed by atoms with E-state index in [1.807, 2.05) is 18.1 Å². The summed E-state index contributed by atoms with van der Waals surface area (Å²) in [5.41, 5.74) is 6.80. The Bertz CT molecular complexity index is 179. The maximum absolute atomic E-state index is 9.15. The first kappa shape index (κ1) is 9.35. The van der Waals surface area contributed by atoms with Crippen LogP contribution in [0, 0.1) is 0 Å². The van der Waals surface area contributed by atoms with E-state index < -0.39 is 6.10 Å². The van der Waals surface area contributed by atoms with Gasteiger partial charge in [0.05, 0.1) is 12.8 Å². The monoisotopic (exact) mass is 171 g/mol. The third-order valence-corrected chi connectivity index (χ3v) is 2.01. The maximum atomic E-state index is 9.15. The average molecular weight is 171 g/mol. The topological polar surface area (TPSA) is 61.5 Å². The minimum atomic E-state index is -0.446. The maximum Gasteiger partial charge on any atom is 0.0866 e. The van der Waals surface area contributed by atoms with Gasteiger partial charge < -0.3 is 21.1 Å². The molecule has 1 aliphatic rings. The van der Waals surface area contributed by atoms with Crippen molar-refractivity contribution in [1.82, 2.24) is 10.2 Å². The summed E-state index contributed by atoms with van der Waals surface area (Å²) in [4.78, 5) is 2.05. The molecule has 4 nitrogen and oxygen atoms in total. The van der Waals surface area contributed by atoms with Crippen molar-refractivity contribution in [2.45, 2.75) is 25.5 Å². The van der Waals surface area contributed by atoms with Gasteiger partial charge in [-0.15, -0.1) is 0 Å². The van der Waals surface area contributed by atoms with Crippen LogP contribution in [0.25, 0.3) is 0 Å². The summed E-state index contributed by atoms with van der Waals surface area (Å²) in [6, 6.07) is -0.171. The highest BCUT2D eigenvalue weighted by Crippen LogP contribution is 2.08. The van der Waals surface area contributed by atoms with Crippen LogP contribution in [-0.2, 0) is 0 Å². The lowest BCUT2D eigenvalue weighted by molar-refractivity contribution is 0.162. The molecule has 0 fully saturated rings. The predicted molar refractivity (Wildman–Crippen MR) is 48.1 cm³/mol. The van der Waals surface area contributed by atoms with Crippen LogP contribution in [-0.4, -0.2) is 35.9 Å². The molecule has 0 aliphatic carbocycles. The van der Waals surface area contributed by atoms with Crippen molar-refractivity contribution in [3.63, 3.8) is 0 Å². The average Bonchev–Trinajstić information content (AvgIpc) is 2.35. The first-order chi connectivity index (χ1) is 5.59. The predicted octanol–water partition coefficient (Wildman–Crippen LogP) is -0.581. The number of hydrogen-bond acceptors (Lipinski definition) is 4. The molecule has 70 valence electrons. The standard InChI is InChI=1S/C8H17N3O/c1-6(12)8(9)3-7-4-11(2)5-10-7/h4,6,8,10,12H,3,5,9H2,1-2H3/t6?,8-/m1/s1. The van der Waals surface area contributed by atoms with Gasteiger partial charge in [0.2, 0.25) is 0 Å². The van der Waals surface area contributed by atoms with Crippen LogP contribution in [0.1, 0.15) is 13.3 Å². The van der Waals surface area contributed by atoms with Crippen molar-refractivity contribution in [3.05, 3.63) is 11.9 Å². The Morgan fingerprint density at radius 2 is 2.50 bits per heavy atom. The van der Waals surface area contributed by atoms with Crippen molar-refractivity contribution in [2.75, 3.05) is 13.7 Å². The summed E-state index contributed by atoms with van der Waals surface area (Å²) in [6.07, 6.45) is 2.28. The molecule has 2 atom stereocenters. The van der Waals surface area contributed by atoms with E-state index in [2.05, 4.69) is 5.32 Å². The normalized spacial score (nSPS) is 21.7. The van der Waals surface area contributed by atoms with Crippen LogP contribution < -0.4 is 11.1 Å². The van der Waals surface area contributed by atoms with Gasteiger partial charge in [0.15, 0.2) is 0 Å². The fourth-order valence-electron chi connectivity index (χ4n) is 1.13. The molecular formula is C8H17N3O. The quantitative estimate of drug-likeness (QED) is 0.531. The SMILES string of the molecule is CC(O)[C@H](N)CC1=CN(C)CN1. The van der Waals surface area contributed by atoms with Gasteiger partial charge in [0, 0.05) is 31.4 Å². The molecular weight excluding hydrogens is 154 g/mol. The first-order valence-electron chi connectivity index (χ1n) is 4.18. The molecule has 1 heterocycles. The van der Waals surface area contributed by atoms with Gasteiger partial charge in [0.25, 0.3) is 0 Å². The van der Waals surface area contributed by atoms with E-state index in [1.165, 1.54) is 0 Å². The molecule has 1 unspecified atom stereocenters. The van der Waals surface area contributed by atoms with Crippen LogP contribution in [0.15, 0.2) is 11.9 Å². The second-order valence-corrected chi connectivity index (χ2v) is 3.35. The Hall–Kier alpha value is -0.740. The summed E-state index contributed by atoms with van der Waals surface area (Å²) < 4.78 is 0. The summed E-state index contributed by atoms with van der Waals surface area (Å²) in [5.74, 6) is 0. The van der Waals surface area contributed by atoms with Gasteiger partial charge in [-0.3, -0.25) is 0 Å². The molecule has 0 bridgehead atoms. The van der Waals surface area contributed by atoms with Crippen LogP contribution in [0.3, 0.4) is 0 Å². The minimum Gasteiger partial charge on any atom is -0.392 e. The van der Waals surface area contributed by atoms with E-state index in [0.717, 1.165) is 12.4 Å². The summed E-state index contributed by atoms with van der Waals surface area (Å²) in [7, 11) is 1.99. The molecule has 0 radical (unpaired) electrons. The van der Waals surface area contributed by atoms with E-state index in [1.54, 1.807) is 6.92 Å². The lowest BCUT2D eigenvalue weighted by Gasteiger charge is -2.14. The zero-order chi connectivity index (χ0) is 9.14. The van der Waals surface area contributed by atoms with Gasteiger partial charge in [-0.05, 0) is 6.92 Å². The van der Waals surface area contributed by atoms with E-state index in [9.17, 15) is 0 Å². The molecule has 1 aliphatic heterocycles. The smallest absolute Gasteiger partial charge is 0.0866 e. The van der Waals surface area contributed by atoms with Crippen molar-refractivity contribution in [3.8, 4) is 0 Å². The number of nitrogens with two attached hydrogens (primary N) is 1. The molecule has 4 N–H and O–H groups in total. The molecule has 0 saturated carbocycles. The molecule has 0 amide bonds. The fourth-order valence-corrected chi connectivity index (χ4v) is 1.13. The van der Waals surface area contributed by atoms with Crippen LogP contribution in [0.5, 0.6) is 0 Å². The van der Waals surface area contributed by atoms with E-state index in [-0.39, 0.29) is 6.04 Å². The second-order valence-electron chi connectivity index (χ2n) is 3.35. The van der Waals surface area contributed by atoms with Gasteiger partial charge in [-0.1, -0.05) is 0 Å².